The van der Waals surface area contributed by atoms with Crippen LogP contribution in [0.1, 0.15) is 12.1 Å². The minimum atomic E-state index is -0.407. The molecule has 2 aromatic rings. The number of rotatable bonds is 3. The zero-order valence-electron chi connectivity index (χ0n) is 8.61. The van der Waals surface area contributed by atoms with Crippen LogP contribution < -0.4 is 5.73 Å². The smallest absolute Gasteiger partial charge is 0.217 e. The Labute approximate surface area is 92.1 Å². The number of carbonyl (C=O) groups is 1. The number of fused-ring (bicyclic) bond motifs is 1. The third-order valence-corrected chi connectivity index (χ3v) is 2.43. The summed E-state index contributed by atoms with van der Waals surface area (Å²) in [5, 5.41) is 1.26. The highest BCUT2D eigenvalue weighted by Crippen LogP contribution is 2.20. The second-order valence-electron chi connectivity index (χ2n) is 3.56. The molecule has 0 radical (unpaired) electrons. The first kappa shape index (κ1) is 10.5. The molecule has 1 amide bonds. The summed E-state index contributed by atoms with van der Waals surface area (Å²) in [6.07, 6.45) is 2.16. The maximum absolute atomic E-state index is 13.6. The lowest BCUT2D eigenvalue weighted by atomic mass is 10.1. The van der Waals surface area contributed by atoms with E-state index in [9.17, 15) is 9.18 Å². The molecule has 2 N–H and O–H groups in total. The number of halogens is 1. The van der Waals surface area contributed by atoms with Crippen molar-refractivity contribution in [1.82, 2.24) is 4.98 Å². The van der Waals surface area contributed by atoms with Crippen LogP contribution in [0.3, 0.4) is 0 Å². The van der Waals surface area contributed by atoms with E-state index < -0.39 is 5.91 Å². The first-order valence-electron chi connectivity index (χ1n) is 4.99. The van der Waals surface area contributed by atoms with E-state index in [0.29, 0.717) is 17.5 Å². The van der Waals surface area contributed by atoms with Crippen molar-refractivity contribution in [1.29, 1.82) is 0 Å². The van der Waals surface area contributed by atoms with Gasteiger partial charge in [-0.2, -0.15) is 0 Å². The number of carbonyl (C=O) groups excluding carboxylic acids is 1. The van der Waals surface area contributed by atoms with Gasteiger partial charge in [0.25, 0.3) is 0 Å². The van der Waals surface area contributed by atoms with Gasteiger partial charge in [0.1, 0.15) is 5.82 Å². The number of hydrogen-bond donors (Lipinski definition) is 1. The van der Waals surface area contributed by atoms with Crippen molar-refractivity contribution >= 4 is 16.7 Å². The van der Waals surface area contributed by atoms with Crippen molar-refractivity contribution in [3.8, 4) is 0 Å². The molecule has 0 saturated carbocycles. The minimum absolute atomic E-state index is 0.181. The molecule has 3 nitrogen and oxygen atoms in total. The van der Waals surface area contributed by atoms with Crippen LogP contribution in [0, 0.1) is 5.82 Å². The molecular formula is C12H11FN2O. The first-order chi connectivity index (χ1) is 7.68. The van der Waals surface area contributed by atoms with E-state index >= 15 is 0 Å². The highest BCUT2D eigenvalue weighted by molar-refractivity contribution is 5.85. The summed E-state index contributed by atoms with van der Waals surface area (Å²) in [6, 6.07) is 6.59. The Kier molecular flexibility index (Phi) is 2.81. The fourth-order valence-corrected chi connectivity index (χ4v) is 1.69. The maximum Gasteiger partial charge on any atom is 0.217 e. The average Bonchev–Trinajstić information content (AvgIpc) is 2.26. The predicted octanol–water partition coefficient (Wildman–Crippen LogP) is 1.79. The van der Waals surface area contributed by atoms with Gasteiger partial charge in [-0.05, 0) is 23.9 Å². The van der Waals surface area contributed by atoms with E-state index in [-0.39, 0.29) is 12.2 Å². The summed E-state index contributed by atoms with van der Waals surface area (Å²) in [7, 11) is 0. The van der Waals surface area contributed by atoms with Crippen LogP contribution in [0.4, 0.5) is 4.39 Å². The number of hydrogen-bond acceptors (Lipinski definition) is 2. The molecule has 0 aliphatic heterocycles. The fourth-order valence-electron chi connectivity index (χ4n) is 1.69. The molecule has 1 heterocycles. The molecule has 1 aromatic heterocycles. The number of benzene rings is 1. The molecule has 0 spiro atoms. The van der Waals surface area contributed by atoms with Crippen molar-refractivity contribution in [2.24, 2.45) is 5.73 Å². The van der Waals surface area contributed by atoms with Crippen LogP contribution in [0.5, 0.6) is 0 Å². The summed E-state index contributed by atoms with van der Waals surface area (Å²) >= 11 is 0. The van der Waals surface area contributed by atoms with Gasteiger partial charge >= 0.3 is 0 Å². The molecule has 0 unspecified atom stereocenters. The second-order valence-corrected chi connectivity index (χ2v) is 3.56. The van der Waals surface area contributed by atoms with Crippen LogP contribution in [0.15, 0.2) is 30.5 Å². The minimum Gasteiger partial charge on any atom is -0.370 e. The van der Waals surface area contributed by atoms with Crippen LogP contribution in [0.25, 0.3) is 10.8 Å². The van der Waals surface area contributed by atoms with Crippen LogP contribution >= 0.6 is 0 Å². The zero-order valence-corrected chi connectivity index (χ0v) is 8.61. The van der Waals surface area contributed by atoms with E-state index in [1.807, 2.05) is 6.07 Å². The Morgan fingerprint density at radius 2 is 2.19 bits per heavy atom. The number of nitrogens with zero attached hydrogens (tertiary/aromatic N) is 1. The molecular weight excluding hydrogens is 207 g/mol. The van der Waals surface area contributed by atoms with Crippen molar-refractivity contribution in [2.75, 3.05) is 0 Å². The van der Waals surface area contributed by atoms with Gasteiger partial charge < -0.3 is 5.73 Å². The SMILES string of the molecule is NC(=O)CCc1nccc2cccc(F)c12. The number of aromatic nitrogens is 1. The molecule has 0 aliphatic rings. The largest absolute Gasteiger partial charge is 0.370 e. The Morgan fingerprint density at radius 1 is 1.38 bits per heavy atom. The lowest BCUT2D eigenvalue weighted by Crippen LogP contribution is -2.11. The van der Waals surface area contributed by atoms with E-state index in [4.69, 9.17) is 5.73 Å². The Morgan fingerprint density at radius 3 is 2.94 bits per heavy atom. The molecule has 1 aromatic carbocycles. The van der Waals surface area contributed by atoms with Gasteiger partial charge in [0.05, 0.1) is 5.69 Å². The number of nitrogens with two attached hydrogens (primary N) is 1. The Hall–Kier alpha value is -1.97. The normalized spacial score (nSPS) is 10.6. The lowest BCUT2D eigenvalue weighted by molar-refractivity contribution is -0.118. The average molecular weight is 218 g/mol. The monoisotopic (exact) mass is 218 g/mol. The number of pyridine rings is 1. The van der Waals surface area contributed by atoms with E-state index in [0.717, 1.165) is 5.39 Å². The van der Waals surface area contributed by atoms with Crippen LogP contribution in [-0.4, -0.2) is 10.9 Å². The van der Waals surface area contributed by atoms with Crippen molar-refractivity contribution < 1.29 is 9.18 Å². The molecule has 2 rings (SSSR count). The Balaban J connectivity index is 2.48. The standard InChI is InChI=1S/C12H11FN2O/c13-9-3-1-2-8-6-7-15-10(12(8)9)4-5-11(14)16/h1-3,6-7H,4-5H2,(H2,14,16). The van der Waals surface area contributed by atoms with Crippen LogP contribution in [-0.2, 0) is 11.2 Å². The van der Waals surface area contributed by atoms with E-state index in [1.54, 1.807) is 18.3 Å². The van der Waals surface area contributed by atoms with Crippen molar-refractivity contribution in [2.45, 2.75) is 12.8 Å². The van der Waals surface area contributed by atoms with Gasteiger partial charge in [-0.15, -0.1) is 0 Å². The maximum atomic E-state index is 13.6. The molecule has 0 atom stereocenters. The molecule has 0 bridgehead atoms. The van der Waals surface area contributed by atoms with Gasteiger partial charge in [0, 0.05) is 18.0 Å². The van der Waals surface area contributed by atoms with E-state index in [1.165, 1.54) is 6.07 Å². The second kappa shape index (κ2) is 4.26. The summed E-state index contributed by atoms with van der Waals surface area (Å²) in [5.41, 5.74) is 5.64. The molecule has 82 valence electrons. The quantitative estimate of drug-likeness (QED) is 0.853. The number of primary amides is 1. The summed E-state index contributed by atoms with van der Waals surface area (Å²) in [5.74, 6) is -0.722. The summed E-state index contributed by atoms with van der Waals surface area (Å²) in [6.45, 7) is 0. The number of amides is 1. The molecule has 4 heteroatoms. The van der Waals surface area contributed by atoms with Gasteiger partial charge in [-0.25, -0.2) is 4.39 Å². The highest BCUT2D eigenvalue weighted by atomic mass is 19.1. The summed E-state index contributed by atoms with van der Waals surface area (Å²) in [4.78, 5) is 14.8. The zero-order chi connectivity index (χ0) is 11.5. The van der Waals surface area contributed by atoms with E-state index in [2.05, 4.69) is 4.98 Å². The van der Waals surface area contributed by atoms with Gasteiger partial charge in [0.15, 0.2) is 0 Å². The third-order valence-electron chi connectivity index (χ3n) is 2.43. The fraction of sp³-hybridized carbons (Fsp3) is 0.167. The third kappa shape index (κ3) is 2.00. The van der Waals surface area contributed by atoms with Crippen LogP contribution in [0.2, 0.25) is 0 Å². The number of aryl methyl sites for hydroxylation is 1. The lowest BCUT2D eigenvalue weighted by Gasteiger charge is -2.05. The molecule has 0 aliphatic carbocycles. The van der Waals surface area contributed by atoms with Crippen molar-refractivity contribution in [3.63, 3.8) is 0 Å². The Bertz CT molecular complexity index is 534. The van der Waals surface area contributed by atoms with Gasteiger partial charge in [-0.1, -0.05) is 12.1 Å². The highest BCUT2D eigenvalue weighted by Gasteiger charge is 2.08. The molecule has 0 fully saturated rings. The van der Waals surface area contributed by atoms with Gasteiger partial charge in [0.2, 0.25) is 5.91 Å². The summed E-state index contributed by atoms with van der Waals surface area (Å²) < 4.78 is 13.6. The first-order valence-corrected chi connectivity index (χ1v) is 4.99. The molecule has 0 saturated heterocycles. The van der Waals surface area contributed by atoms with Gasteiger partial charge in [-0.3, -0.25) is 9.78 Å². The van der Waals surface area contributed by atoms with Crippen molar-refractivity contribution in [3.05, 3.63) is 42.0 Å². The molecule has 16 heavy (non-hydrogen) atoms. The topological polar surface area (TPSA) is 56.0 Å². The predicted molar refractivity (Wildman–Crippen MR) is 59.2 cm³/mol.